The fourth-order valence-electron chi connectivity index (χ4n) is 1.72. The van der Waals surface area contributed by atoms with Crippen LogP contribution in [-0.2, 0) is 13.7 Å². The van der Waals surface area contributed by atoms with Crippen molar-refractivity contribution in [1.82, 2.24) is 4.90 Å². The molecule has 104 valence electrons. The van der Waals surface area contributed by atoms with E-state index in [2.05, 4.69) is 0 Å². The molecule has 1 aliphatic rings. The number of carbonyl (C=O) groups excluding carboxylic acids is 2. The third-order valence-electron chi connectivity index (χ3n) is 2.41. The Kier molecular flexibility index (Phi) is 5.31. The van der Waals surface area contributed by atoms with Crippen LogP contribution in [0.1, 0.15) is 40.5 Å². The number of hydrogen-bond acceptors (Lipinski definition) is 5. The SMILES string of the molecule is CCSOC(=O)[C@@H]1CCCN1C(=O)OC(C)(C)C. The van der Waals surface area contributed by atoms with Crippen molar-refractivity contribution in [2.45, 2.75) is 52.2 Å². The first kappa shape index (κ1) is 15.1. The van der Waals surface area contributed by atoms with E-state index in [1.807, 2.05) is 6.92 Å². The zero-order chi connectivity index (χ0) is 13.8. The number of carbonyl (C=O) groups is 2. The highest BCUT2D eigenvalue weighted by Crippen LogP contribution is 2.23. The van der Waals surface area contributed by atoms with Gasteiger partial charge in [0.1, 0.15) is 11.6 Å². The van der Waals surface area contributed by atoms with Gasteiger partial charge in [-0.1, -0.05) is 6.92 Å². The molecule has 6 heteroatoms. The number of ether oxygens (including phenoxy) is 1. The molecule has 0 bridgehead atoms. The fraction of sp³-hybridized carbons (Fsp3) is 0.833. The maximum Gasteiger partial charge on any atom is 0.411 e. The molecule has 0 spiro atoms. The van der Waals surface area contributed by atoms with Gasteiger partial charge < -0.3 is 8.92 Å². The predicted octanol–water partition coefficient (Wildman–Crippen LogP) is 2.60. The average molecular weight is 275 g/mol. The highest BCUT2D eigenvalue weighted by molar-refractivity contribution is 7.95. The molecule has 0 aromatic heterocycles. The van der Waals surface area contributed by atoms with Gasteiger partial charge in [-0.05, 0) is 33.6 Å². The summed E-state index contributed by atoms with van der Waals surface area (Å²) in [6.45, 7) is 7.87. The van der Waals surface area contributed by atoms with Crippen molar-refractivity contribution < 1.29 is 18.5 Å². The summed E-state index contributed by atoms with van der Waals surface area (Å²) in [6.07, 6.45) is 1.00. The van der Waals surface area contributed by atoms with E-state index in [-0.39, 0.29) is 5.97 Å². The second-order valence-corrected chi connectivity index (χ2v) is 6.12. The molecule has 0 saturated carbocycles. The highest BCUT2D eigenvalue weighted by Gasteiger charge is 2.37. The van der Waals surface area contributed by atoms with Gasteiger partial charge in [0, 0.05) is 12.3 Å². The van der Waals surface area contributed by atoms with Gasteiger partial charge in [0.15, 0.2) is 0 Å². The van der Waals surface area contributed by atoms with E-state index in [1.54, 1.807) is 20.8 Å². The second kappa shape index (κ2) is 6.31. The van der Waals surface area contributed by atoms with Crippen molar-refractivity contribution in [3.05, 3.63) is 0 Å². The van der Waals surface area contributed by atoms with Gasteiger partial charge in [0.05, 0.1) is 12.0 Å². The van der Waals surface area contributed by atoms with Crippen molar-refractivity contribution in [1.29, 1.82) is 0 Å². The summed E-state index contributed by atoms with van der Waals surface area (Å²) in [7, 11) is 0. The lowest BCUT2D eigenvalue weighted by molar-refractivity contribution is -0.137. The normalized spacial score (nSPS) is 19.8. The van der Waals surface area contributed by atoms with Crippen molar-refractivity contribution >= 4 is 24.1 Å². The van der Waals surface area contributed by atoms with Gasteiger partial charge in [0.25, 0.3) is 0 Å². The number of likely N-dealkylation sites (tertiary alicyclic amines) is 1. The summed E-state index contributed by atoms with van der Waals surface area (Å²) in [5, 5.41) is 0. The predicted molar refractivity (Wildman–Crippen MR) is 70.2 cm³/mol. The van der Waals surface area contributed by atoms with Crippen molar-refractivity contribution in [3.8, 4) is 0 Å². The van der Waals surface area contributed by atoms with Crippen LogP contribution in [0.5, 0.6) is 0 Å². The van der Waals surface area contributed by atoms with Crippen LogP contribution in [0.25, 0.3) is 0 Å². The first-order chi connectivity index (χ1) is 8.35. The van der Waals surface area contributed by atoms with Crippen molar-refractivity contribution in [2.24, 2.45) is 0 Å². The maximum absolute atomic E-state index is 11.9. The summed E-state index contributed by atoms with van der Waals surface area (Å²) in [5.74, 6) is 0.343. The molecule has 1 aliphatic heterocycles. The average Bonchev–Trinajstić information content (AvgIpc) is 2.72. The van der Waals surface area contributed by atoms with E-state index < -0.39 is 17.7 Å². The fourth-order valence-corrected chi connectivity index (χ4v) is 2.07. The Morgan fingerprint density at radius 3 is 2.61 bits per heavy atom. The van der Waals surface area contributed by atoms with Gasteiger partial charge in [-0.3, -0.25) is 4.90 Å². The molecule has 0 aliphatic carbocycles. The van der Waals surface area contributed by atoms with Crippen LogP contribution < -0.4 is 0 Å². The molecule has 18 heavy (non-hydrogen) atoms. The molecule has 1 rings (SSSR count). The number of rotatable bonds is 3. The van der Waals surface area contributed by atoms with Gasteiger partial charge >= 0.3 is 12.1 Å². The summed E-state index contributed by atoms with van der Waals surface area (Å²) in [4.78, 5) is 25.2. The van der Waals surface area contributed by atoms with Crippen LogP contribution in [0, 0.1) is 0 Å². The van der Waals surface area contributed by atoms with Gasteiger partial charge in [-0.2, -0.15) is 0 Å². The van der Waals surface area contributed by atoms with Crippen molar-refractivity contribution in [2.75, 3.05) is 12.3 Å². The standard InChI is InChI=1S/C12H21NO4S/c1-5-18-17-10(14)9-7-6-8-13(9)11(15)16-12(2,3)4/h9H,5-8H2,1-4H3/t9-/m0/s1. The first-order valence-corrected chi connectivity index (χ1v) is 7.09. The number of amides is 1. The Morgan fingerprint density at radius 2 is 2.06 bits per heavy atom. The molecule has 1 atom stereocenters. The molecule has 1 amide bonds. The van der Waals surface area contributed by atoms with Gasteiger partial charge in [-0.25, -0.2) is 9.59 Å². The third kappa shape index (κ3) is 4.40. The number of hydrogen-bond donors (Lipinski definition) is 0. The molecule has 0 aromatic carbocycles. The monoisotopic (exact) mass is 275 g/mol. The minimum Gasteiger partial charge on any atom is -0.444 e. The largest absolute Gasteiger partial charge is 0.444 e. The van der Waals surface area contributed by atoms with Crippen LogP contribution in [0.3, 0.4) is 0 Å². The molecular weight excluding hydrogens is 254 g/mol. The van der Waals surface area contributed by atoms with Crippen LogP contribution >= 0.6 is 12.0 Å². The van der Waals surface area contributed by atoms with E-state index in [4.69, 9.17) is 8.92 Å². The summed E-state index contributed by atoms with van der Waals surface area (Å²) < 4.78 is 10.3. The van der Waals surface area contributed by atoms with Crippen LogP contribution in [-0.4, -0.2) is 40.9 Å². The van der Waals surface area contributed by atoms with Crippen LogP contribution in [0.15, 0.2) is 0 Å². The molecule has 5 nitrogen and oxygen atoms in total. The topological polar surface area (TPSA) is 55.8 Å². The van der Waals surface area contributed by atoms with E-state index >= 15 is 0 Å². The maximum atomic E-state index is 11.9. The molecule has 1 saturated heterocycles. The molecule has 0 radical (unpaired) electrons. The van der Waals surface area contributed by atoms with E-state index in [1.165, 1.54) is 4.90 Å². The Morgan fingerprint density at radius 1 is 1.39 bits per heavy atom. The quantitative estimate of drug-likeness (QED) is 0.741. The van der Waals surface area contributed by atoms with E-state index in [0.717, 1.165) is 18.5 Å². The van der Waals surface area contributed by atoms with Crippen molar-refractivity contribution in [3.63, 3.8) is 0 Å². The molecule has 1 heterocycles. The zero-order valence-electron chi connectivity index (χ0n) is 11.4. The lowest BCUT2D eigenvalue weighted by atomic mass is 10.2. The molecule has 0 aromatic rings. The third-order valence-corrected chi connectivity index (χ3v) is 2.93. The van der Waals surface area contributed by atoms with Crippen LogP contribution in [0.4, 0.5) is 4.79 Å². The highest BCUT2D eigenvalue weighted by atomic mass is 32.2. The van der Waals surface area contributed by atoms with E-state index in [9.17, 15) is 9.59 Å². The second-order valence-electron chi connectivity index (χ2n) is 5.14. The van der Waals surface area contributed by atoms with Gasteiger partial charge in [-0.15, -0.1) is 0 Å². The molecule has 0 unspecified atom stereocenters. The van der Waals surface area contributed by atoms with Crippen LogP contribution in [0.2, 0.25) is 0 Å². The minimum absolute atomic E-state index is 0.356. The minimum atomic E-state index is -0.549. The molecule has 0 N–H and O–H groups in total. The Labute approximate surface area is 112 Å². The Bertz CT molecular complexity index is 314. The lowest BCUT2D eigenvalue weighted by Crippen LogP contribution is -2.43. The Balaban J connectivity index is 2.59. The first-order valence-electron chi connectivity index (χ1n) is 6.18. The molecule has 1 fully saturated rings. The number of nitrogens with zero attached hydrogens (tertiary/aromatic N) is 1. The summed E-state index contributed by atoms with van der Waals surface area (Å²) in [5.41, 5.74) is -0.549. The summed E-state index contributed by atoms with van der Waals surface area (Å²) >= 11 is 1.10. The molecular formula is C12H21NO4S. The Hall–Kier alpha value is -0.910. The lowest BCUT2D eigenvalue weighted by Gasteiger charge is -2.27. The van der Waals surface area contributed by atoms with Gasteiger partial charge in [0.2, 0.25) is 0 Å². The summed E-state index contributed by atoms with van der Waals surface area (Å²) in [6, 6.07) is -0.501. The van der Waals surface area contributed by atoms with E-state index in [0.29, 0.717) is 18.7 Å². The zero-order valence-corrected chi connectivity index (χ0v) is 12.2. The smallest absolute Gasteiger partial charge is 0.411 e.